The predicted molar refractivity (Wildman–Crippen MR) is 75.8 cm³/mol. The van der Waals surface area contributed by atoms with Gasteiger partial charge in [0.1, 0.15) is 5.82 Å². The van der Waals surface area contributed by atoms with E-state index in [0.717, 1.165) is 0 Å². The Morgan fingerprint density at radius 2 is 1.75 bits per heavy atom. The minimum atomic E-state index is -0.685. The van der Waals surface area contributed by atoms with E-state index in [1.54, 1.807) is 24.3 Å². The monoisotopic (exact) mass is 291 g/mol. The highest BCUT2D eigenvalue weighted by Gasteiger charge is 2.15. The molecule has 1 N–H and O–H groups in total. The molecule has 0 saturated carbocycles. The summed E-state index contributed by atoms with van der Waals surface area (Å²) in [5.74, 6) is -1.39. The molecule has 0 aromatic heterocycles. The van der Waals surface area contributed by atoms with Crippen molar-refractivity contribution in [3.63, 3.8) is 0 Å². The number of ketones is 1. The third-order valence-corrected chi connectivity index (χ3v) is 3.05. The van der Waals surface area contributed by atoms with Crippen LogP contribution in [0.3, 0.4) is 0 Å². The van der Waals surface area contributed by atoms with E-state index in [-0.39, 0.29) is 16.4 Å². The average Bonchev–Trinajstić information content (AvgIpc) is 2.39. The number of hydrogen-bond acceptors (Lipinski definition) is 2. The lowest BCUT2D eigenvalue weighted by Crippen LogP contribution is -2.14. The fourth-order valence-corrected chi connectivity index (χ4v) is 1.95. The van der Waals surface area contributed by atoms with E-state index in [2.05, 4.69) is 5.32 Å². The maximum atomic E-state index is 13.6. The van der Waals surface area contributed by atoms with Crippen molar-refractivity contribution in [2.75, 3.05) is 5.32 Å². The van der Waals surface area contributed by atoms with Crippen LogP contribution in [0.4, 0.5) is 10.1 Å². The molecule has 0 aliphatic rings. The smallest absolute Gasteiger partial charge is 0.260 e. The first-order chi connectivity index (χ1) is 9.49. The molecule has 2 aromatic carbocycles. The summed E-state index contributed by atoms with van der Waals surface area (Å²) >= 11 is 5.81. The molecule has 5 heteroatoms. The Bertz CT molecular complexity index is 648. The van der Waals surface area contributed by atoms with Crippen LogP contribution >= 0.6 is 11.6 Å². The highest BCUT2D eigenvalue weighted by molar-refractivity contribution is 6.34. The molecular weight excluding hydrogens is 281 g/mol. The topological polar surface area (TPSA) is 46.2 Å². The molecule has 0 unspecified atom stereocenters. The molecule has 0 aliphatic heterocycles. The van der Waals surface area contributed by atoms with Crippen LogP contribution < -0.4 is 5.32 Å². The van der Waals surface area contributed by atoms with Gasteiger partial charge in [0.2, 0.25) is 0 Å². The lowest BCUT2D eigenvalue weighted by molar-refractivity contribution is 0.101. The van der Waals surface area contributed by atoms with E-state index >= 15 is 0 Å². The Kier molecular flexibility index (Phi) is 4.15. The molecule has 0 spiro atoms. The van der Waals surface area contributed by atoms with Crippen molar-refractivity contribution in [1.29, 1.82) is 0 Å². The first kappa shape index (κ1) is 14.2. The number of nitrogens with one attached hydrogen (secondary N) is 1. The second kappa shape index (κ2) is 5.84. The van der Waals surface area contributed by atoms with E-state index in [4.69, 9.17) is 11.6 Å². The number of benzene rings is 2. The standard InChI is InChI=1S/C15H11ClFNO2/c1-9(19)10-5-7-11(8-6-10)18-15(20)14-12(16)3-2-4-13(14)17/h2-8H,1H3,(H,18,20). The Labute approximate surface area is 120 Å². The molecule has 2 aromatic rings. The zero-order chi connectivity index (χ0) is 14.7. The normalized spacial score (nSPS) is 10.2. The number of rotatable bonds is 3. The lowest BCUT2D eigenvalue weighted by atomic mass is 10.1. The summed E-state index contributed by atoms with van der Waals surface area (Å²) in [6.07, 6.45) is 0. The second-order valence-corrected chi connectivity index (χ2v) is 4.59. The van der Waals surface area contributed by atoms with Crippen molar-refractivity contribution in [2.45, 2.75) is 6.92 Å². The molecule has 102 valence electrons. The summed E-state index contributed by atoms with van der Waals surface area (Å²) in [5, 5.41) is 2.58. The molecule has 1 amide bonds. The summed E-state index contributed by atoms with van der Waals surface area (Å²) in [5.41, 5.74) is 0.788. The molecule has 0 atom stereocenters. The lowest BCUT2D eigenvalue weighted by Gasteiger charge is -2.08. The van der Waals surface area contributed by atoms with Gasteiger partial charge in [0, 0.05) is 11.3 Å². The van der Waals surface area contributed by atoms with Gasteiger partial charge in [0.15, 0.2) is 5.78 Å². The molecule has 0 bridgehead atoms. The minimum absolute atomic E-state index is 0.0443. The minimum Gasteiger partial charge on any atom is -0.322 e. The van der Waals surface area contributed by atoms with Crippen molar-refractivity contribution >= 4 is 29.0 Å². The Morgan fingerprint density at radius 1 is 1.10 bits per heavy atom. The first-order valence-electron chi connectivity index (χ1n) is 5.85. The highest BCUT2D eigenvalue weighted by atomic mass is 35.5. The number of anilines is 1. The summed E-state index contributed by atoms with van der Waals surface area (Å²) in [7, 11) is 0. The van der Waals surface area contributed by atoms with Gasteiger partial charge in [-0.25, -0.2) is 4.39 Å². The third-order valence-electron chi connectivity index (χ3n) is 2.74. The van der Waals surface area contributed by atoms with Crippen molar-refractivity contribution in [3.05, 3.63) is 64.4 Å². The largest absolute Gasteiger partial charge is 0.322 e. The number of hydrogen-bond donors (Lipinski definition) is 1. The number of amides is 1. The van der Waals surface area contributed by atoms with Crippen molar-refractivity contribution in [3.8, 4) is 0 Å². The molecule has 2 rings (SSSR count). The van der Waals surface area contributed by atoms with E-state index in [0.29, 0.717) is 11.3 Å². The zero-order valence-electron chi connectivity index (χ0n) is 10.6. The number of halogens is 2. The van der Waals surface area contributed by atoms with Gasteiger partial charge in [-0.15, -0.1) is 0 Å². The highest BCUT2D eigenvalue weighted by Crippen LogP contribution is 2.20. The molecule has 0 heterocycles. The van der Waals surface area contributed by atoms with Crippen molar-refractivity contribution in [1.82, 2.24) is 0 Å². The number of carbonyl (C=O) groups excluding carboxylic acids is 2. The quantitative estimate of drug-likeness (QED) is 0.871. The second-order valence-electron chi connectivity index (χ2n) is 4.18. The van der Waals surface area contributed by atoms with E-state index in [1.807, 2.05) is 0 Å². The average molecular weight is 292 g/mol. The van der Waals surface area contributed by atoms with Crippen molar-refractivity contribution < 1.29 is 14.0 Å². The van der Waals surface area contributed by atoms with E-state index < -0.39 is 11.7 Å². The van der Waals surface area contributed by atoms with Gasteiger partial charge in [0.25, 0.3) is 5.91 Å². The summed E-state index contributed by atoms with van der Waals surface area (Å²) in [4.78, 5) is 23.1. The maximum Gasteiger partial charge on any atom is 0.260 e. The van der Waals surface area contributed by atoms with Gasteiger partial charge < -0.3 is 5.32 Å². The van der Waals surface area contributed by atoms with Gasteiger partial charge in [-0.1, -0.05) is 17.7 Å². The van der Waals surface area contributed by atoms with Crippen LogP contribution in [0.25, 0.3) is 0 Å². The number of carbonyl (C=O) groups is 2. The SMILES string of the molecule is CC(=O)c1ccc(NC(=O)c2c(F)cccc2Cl)cc1. The van der Waals surface area contributed by atoms with Crippen LogP contribution in [-0.4, -0.2) is 11.7 Å². The van der Waals surface area contributed by atoms with Gasteiger partial charge in [-0.05, 0) is 43.3 Å². The van der Waals surface area contributed by atoms with Crippen LogP contribution in [-0.2, 0) is 0 Å². The first-order valence-corrected chi connectivity index (χ1v) is 6.23. The van der Waals surface area contributed by atoms with Gasteiger partial charge in [-0.2, -0.15) is 0 Å². The third kappa shape index (κ3) is 3.03. The molecule has 0 fully saturated rings. The molecule has 0 saturated heterocycles. The van der Waals surface area contributed by atoms with Crippen LogP contribution in [0, 0.1) is 5.82 Å². The number of Topliss-reactive ketones (excluding diaryl/α,β-unsaturated/α-hetero) is 1. The molecule has 3 nitrogen and oxygen atoms in total. The van der Waals surface area contributed by atoms with Gasteiger partial charge in [0.05, 0.1) is 10.6 Å². The Hall–Kier alpha value is -2.20. The van der Waals surface area contributed by atoms with Gasteiger partial charge >= 0.3 is 0 Å². The summed E-state index contributed by atoms with van der Waals surface area (Å²) in [6, 6.07) is 10.3. The molecule has 0 radical (unpaired) electrons. The molecule has 20 heavy (non-hydrogen) atoms. The molecular formula is C15H11ClFNO2. The maximum absolute atomic E-state index is 13.6. The predicted octanol–water partition coefficient (Wildman–Crippen LogP) is 3.93. The fraction of sp³-hybridized carbons (Fsp3) is 0.0667. The summed E-state index contributed by atoms with van der Waals surface area (Å²) in [6.45, 7) is 1.45. The van der Waals surface area contributed by atoms with E-state index in [1.165, 1.54) is 25.1 Å². The van der Waals surface area contributed by atoms with Crippen LogP contribution in [0.15, 0.2) is 42.5 Å². The van der Waals surface area contributed by atoms with Gasteiger partial charge in [-0.3, -0.25) is 9.59 Å². The van der Waals surface area contributed by atoms with Crippen molar-refractivity contribution in [2.24, 2.45) is 0 Å². The summed E-state index contributed by atoms with van der Waals surface area (Å²) < 4.78 is 13.6. The fourth-order valence-electron chi connectivity index (χ4n) is 1.70. The van der Waals surface area contributed by atoms with Crippen LogP contribution in [0.2, 0.25) is 5.02 Å². The van der Waals surface area contributed by atoms with Crippen LogP contribution in [0.1, 0.15) is 27.6 Å². The van der Waals surface area contributed by atoms with E-state index in [9.17, 15) is 14.0 Å². The zero-order valence-corrected chi connectivity index (χ0v) is 11.4. The Balaban J connectivity index is 2.21. The molecule has 0 aliphatic carbocycles. The van der Waals surface area contributed by atoms with Crippen LogP contribution in [0.5, 0.6) is 0 Å². The Morgan fingerprint density at radius 3 is 2.30 bits per heavy atom.